The Hall–Kier alpha value is -0.120. The summed E-state index contributed by atoms with van der Waals surface area (Å²) in [4.78, 5) is 2.65. The van der Waals surface area contributed by atoms with Gasteiger partial charge in [-0.3, -0.25) is 4.90 Å². The predicted octanol–water partition coefficient (Wildman–Crippen LogP) is 2.27. The van der Waals surface area contributed by atoms with Crippen LogP contribution in [0.2, 0.25) is 0 Å². The molecule has 3 nitrogen and oxygen atoms in total. The highest BCUT2D eigenvalue weighted by atomic mass is 16.5. The summed E-state index contributed by atoms with van der Waals surface area (Å²) in [6.07, 6.45) is 6.19. The van der Waals surface area contributed by atoms with Gasteiger partial charge < -0.3 is 10.1 Å². The number of morpholine rings is 1. The molecule has 106 valence electrons. The molecule has 0 saturated carbocycles. The SMILES string of the molecule is CCCC(C)(CNCC)CN1CC2CCC(C1)O2. The Morgan fingerprint density at radius 3 is 2.44 bits per heavy atom. The average molecular weight is 254 g/mol. The van der Waals surface area contributed by atoms with Gasteiger partial charge in [0.2, 0.25) is 0 Å². The van der Waals surface area contributed by atoms with E-state index in [1.54, 1.807) is 0 Å². The van der Waals surface area contributed by atoms with Crippen LogP contribution in [0, 0.1) is 5.41 Å². The predicted molar refractivity (Wildman–Crippen MR) is 75.9 cm³/mol. The van der Waals surface area contributed by atoms with Crippen LogP contribution >= 0.6 is 0 Å². The van der Waals surface area contributed by atoms with Crippen LogP contribution in [0.15, 0.2) is 0 Å². The van der Waals surface area contributed by atoms with E-state index >= 15 is 0 Å². The zero-order chi connectivity index (χ0) is 13.0. The minimum Gasteiger partial charge on any atom is -0.372 e. The van der Waals surface area contributed by atoms with Gasteiger partial charge in [-0.2, -0.15) is 0 Å². The maximum atomic E-state index is 5.93. The Bertz CT molecular complexity index is 247. The summed E-state index contributed by atoms with van der Waals surface area (Å²) in [5.74, 6) is 0. The molecule has 2 aliphatic rings. The molecule has 0 radical (unpaired) electrons. The lowest BCUT2D eigenvalue weighted by Crippen LogP contribution is -2.49. The van der Waals surface area contributed by atoms with Crippen molar-refractivity contribution in [1.29, 1.82) is 0 Å². The van der Waals surface area contributed by atoms with E-state index < -0.39 is 0 Å². The van der Waals surface area contributed by atoms with E-state index in [2.05, 4.69) is 31.0 Å². The van der Waals surface area contributed by atoms with Crippen molar-refractivity contribution in [2.75, 3.05) is 32.7 Å². The lowest BCUT2D eigenvalue weighted by atomic mass is 9.84. The Morgan fingerprint density at radius 1 is 1.22 bits per heavy atom. The lowest BCUT2D eigenvalue weighted by Gasteiger charge is -2.39. The van der Waals surface area contributed by atoms with E-state index in [0.29, 0.717) is 17.6 Å². The molecule has 2 aliphatic heterocycles. The number of nitrogens with one attached hydrogen (secondary N) is 1. The Labute approximate surface area is 112 Å². The summed E-state index contributed by atoms with van der Waals surface area (Å²) in [5.41, 5.74) is 0.418. The molecule has 3 unspecified atom stereocenters. The van der Waals surface area contributed by atoms with Gasteiger partial charge in [-0.1, -0.05) is 27.2 Å². The highest BCUT2D eigenvalue weighted by Gasteiger charge is 2.36. The van der Waals surface area contributed by atoms with Crippen LogP contribution in [0.1, 0.15) is 46.5 Å². The van der Waals surface area contributed by atoms with Crippen molar-refractivity contribution in [1.82, 2.24) is 10.2 Å². The monoisotopic (exact) mass is 254 g/mol. The van der Waals surface area contributed by atoms with E-state index in [4.69, 9.17) is 4.74 Å². The van der Waals surface area contributed by atoms with Crippen molar-refractivity contribution >= 4 is 0 Å². The molecule has 0 aromatic heterocycles. The molecule has 1 N–H and O–H groups in total. The standard InChI is InChI=1S/C15H30N2O/c1-4-8-15(3,11-16-5-2)12-17-9-13-6-7-14(10-17)18-13/h13-14,16H,4-12H2,1-3H3. The third-order valence-electron chi connectivity index (χ3n) is 4.38. The molecule has 0 aromatic rings. The molecule has 0 spiro atoms. The maximum absolute atomic E-state index is 5.93. The third-order valence-corrected chi connectivity index (χ3v) is 4.38. The van der Waals surface area contributed by atoms with Gasteiger partial charge in [-0.25, -0.2) is 0 Å². The van der Waals surface area contributed by atoms with Gasteiger partial charge in [0.05, 0.1) is 12.2 Å². The molecule has 0 aliphatic carbocycles. The summed E-state index contributed by atoms with van der Waals surface area (Å²) in [5, 5.41) is 3.54. The molecule has 2 bridgehead atoms. The number of nitrogens with zero attached hydrogens (tertiary/aromatic N) is 1. The van der Waals surface area contributed by atoms with Crippen molar-refractivity contribution in [2.24, 2.45) is 5.41 Å². The highest BCUT2D eigenvalue weighted by Crippen LogP contribution is 2.30. The maximum Gasteiger partial charge on any atom is 0.0707 e. The van der Waals surface area contributed by atoms with Gasteiger partial charge in [0, 0.05) is 26.2 Å². The Morgan fingerprint density at radius 2 is 1.89 bits per heavy atom. The first-order chi connectivity index (χ1) is 8.65. The second-order valence-electron chi connectivity index (χ2n) is 6.49. The van der Waals surface area contributed by atoms with Crippen molar-refractivity contribution in [2.45, 2.75) is 58.7 Å². The molecule has 0 aromatic carbocycles. The molecule has 2 heterocycles. The molecular weight excluding hydrogens is 224 g/mol. The Balaban J connectivity index is 1.87. The molecule has 3 atom stereocenters. The van der Waals surface area contributed by atoms with Crippen molar-refractivity contribution < 1.29 is 4.74 Å². The average Bonchev–Trinajstić information content (AvgIpc) is 2.67. The zero-order valence-corrected chi connectivity index (χ0v) is 12.4. The second kappa shape index (κ2) is 6.36. The fourth-order valence-electron chi connectivity index (χ4n) is 3.62. The minimum absolute atomic E-state index is 0.418. The largest absolute Gasteiger partial charge is 0.372 e. The number of hydrogen-bond donors (Lipinski definition) is 1. The van der Waals surface area contributed by atoms with Crippen LogP contribution in [-0.4, -0.2) is 49.8 Å². The Kier molecular flexibility index (Phi) is 5.05. The molecule has 2 fully saturated rings. The molecule has 18 heavy (non-hydrogen) atoms. The quantitative estimate of drug-likeness (QED) is 0.754. The lowest BCUT2D eigenvalue weighted by molar-refractivity contribution is -0.0497. The molecule has 2 rings (SSSR count). The van der Waals surface area contributed by atoms with E-state index in [1.807, 2.05) is 0 Å². The fraction of sp³-hybridized carbons (Fsp3) is 1.00. The van der Waals surface area contributed by atoms with Gasteiger partial charge in [0.15, 0.2) is 0 Å². The van der Waals surface area contributed by atoms with Crippen LogP contribution in [-0.2, 0) is 4.74 Å². The number of hydrogen-bond acceptors (Lipinski definition) is 3. The molecular formula is C15H30N2O. The van der Waals surface area contributed by atoms with Gasteiger partial charge in [-0.05, 0) is 31.2 Å². The molecule has 3 heteroatoms. The van der Waals surface area contributed by atoms with E-state index in [9.17, 15) is 0 Å². The zero-order valence-electron chi connectivity index (χ0n) is 12.4. The van der Waals surface area contributed by atoms with Crippen LogP contribution < -0.4 is 5.32 Å². The second-order valence-corrected chi connectivity index (χ2v) is 6.49. The fourth-order valence-corrected chi connectivity index (χ4v) is 3.62. The van der Waals surface area contributed by atoms with Crippen LogP contribution in [0.3, 0.4) is 0 Å². The van der Waals surface area contributed by atoms with Gasteiger partial charge >= 0.3 is 0 Å². The summed E-state index contributed by atoms with van der Waals surface area (Å²) >= 11 is 0. The first-order valence-electron chi connectivity index (χ1n) is 7.74. The first-order valence-corrected chi connectivity index (χ1v) is 7.74. The van der Waals surface area contributed by atoms with Crippen molar-refractivity contribution in [3.63, 3.8) is 0 Å². The number of ether oxygens (including phenoxy) is 1. The first kappa shape index (κ1) is 14.3. The molecule has 2 saturated heterocycles. The van der Waals surface area contributed by atoms with Gasteiger partial charge in [-0.15, -0.1) is 0 Å². The van der Waals surface area contributed by atoms with Crippen LogP contribution in [0.4, 0.5) is 0 Å². The molecule has 0 amide bonds. The smallest absolute Gasteiger partial charge is 0.0707 e. The van der Waals surface area contributed by atoms with E-state index in [1.165, 1.54) is 32.2 Å². The minimum atomic E-state index is 0.418. The van der Waals surface area contributed by atoms with Crippen molar-refractivity contribution in [3.05, 3.63) is 0 Å². The summed E-state index contributed by atoms with van der Waals surface area (Å²) in [6.45, 7) is 12.7. The summed E-state index contributed by atoms with van der Waals surface area (Å²) < 4.78 is 5.93. The van der Waals surface area contributed by atoms with Crippen molar-refractivity contribution in [3.8, 4) is 0 Å². The summed E-state index contributed by atoms with van der Waals surface area (Å²) in [6, 6.07) is 0. The number of likely N-dealkylation sites (tertiary alicyclic amines) is 1. The van der Waals surface area contributed by atoms with E-state index in [-0.39, 0.29) is 0 Å². The number of fused-ring (bicyclic) bond motifs is 2. The number of rotatable bonds is 7. The van der Waals surface area contributed by atoms with E-state index in [0.717, 1.165) is 26.2 Å². The van der Waals surface area contributed by atoms with Crippen LogP contribution in [0.5, 0.6) is 0 Å². The van der Waals surface area contributed by atoms with Gasteiger partial charge in [0.1, 0.15) is 0 Å². The topological polar surface area (TPSA) is 24.5 Å². The summed E-state index contributed by atoms with van der Waals surface area (Å²) in [7, 11) is 0. The van der Waals surface area contributed by atoms with Crippen LogP contribution in [0.25, 0.3) is 0 Å². The highest BCUT2D eigenvalue weighted by molar-refractivity contribution is 4.89. The third kappa shape index (κ3) is 3.69. The normalized spacial score (nSPS) is 31.5. The van der Waals surface area contributed by atoms with Gasteiger partial charge in [0.25, 0.3) is 0 Å².